The molecule has 0 aliphatic carbocycles. The predicted molar refractivity (Wildman–Crippen MR) is 94.2 cm³/mol. The van der Waals surface area contributed by atoms with Crippen LogP contribution in [0.15, 0.2) is 23.2 Å². The number of fused-ring (bicyclic) bond motifs is 1. The summed E-state index contributed by atoms with van der Waals surface area (Å²) in [6, 6.07) is 5.55. The van der Waals surface area contributed by atoms with E-state index >= 15 is 0 Å². The second-order valence-corrected chi connectivity index (χ2v) is 6.21. The lowest BCUT2D eigenvalue weighted by Gasteiger charge is -2.29. The van der Waals surface area contributed by atoms with Gasteiger partial charge in [-0.1, -0.05) is 17.7 Å². The van der Waals surface area contributed by atoms with Crippen LogP contribution in [-0.4, -0.2) is 53.0 Å². The van der Waals surface area contributed by atoms with Crippen LogP contribution in [-0.2, 0) is 4.74 Å². The molecule has 3 rings (SSSR count). The molecule has 2 N–H and O–H groups in total. The molecule has 128 valence electrons. The highest BCUT2D eigenvalue weighted by atomic mass is 35.5. The van der Waals surface area contributed by atoms with E-state index in [-0.39, 0.29) is 18.0 Å². The second-order valence-electron chi connectivity index (χ2n) is 5.77. The molecule has 0 unspecified atom stereocenters. The third-order valence-electron chi connectivity index (χ3n) is 4.18. The largest absolute Gasteiger partial charge is 0.494 e. The number of aromatic amines is 1. The van der Waals surface area contributed by atoms with Gasteiger partial charge in [-0.25, -0.2) is 4.79 Å². The number of likely N-dealkylation sites (tertiary alicyclic amines) is 1. The Morgan fingerprint density at radius 3 is 2.96 bits per heavy atom. The minimum Gasteiger partial charge on any atom is -0.494 e. The Kier molecular flexibility index (Phi) is 4.94. The van der Waals surface area contributed by atoms with Crippen LogP contribution in [0, 0.1) is 0 Å². The molecule has 0 spiro atoms. The van der Waals surface area contributed by atoms with E-state index in [0.29, 0.717) is 30.3 Å². The first kappa shape index (κ1) is 16.6. The fourth-order valence-electron chi connectivity index (χ4n) is 2.90. The number of nitrogens with zero attached hydrogens (tertiary/aromatic N) is 2. The molecule has 0 saturated carbocycles. The Hall–Kier alpha value is -2.21. The number of ether oxygens (including phenoxy) is 1. The van der Waals surface area contributed by atoms with Gasteiger partial charge in [-0.2, -0.15) is 0 Å². The third-order valence-corrected chi connectivity index (χ3v) is 4.42. The van der Waals surface area contributed by atoms with E-state index in [4.69, 9.17) is 16.3 Å². The Labute approximate surface area is 145 Å². The number of nitrogens with one attached hydrogen (secondary N) is 1. The topological polar surface area (TPSA) is 77.9 Å². The minimum absolute atomic E-state index is 0.0833. The molecule has 1 aromatic carbocycles. The summed E-state index contributed by atoms with van der Waals surface area (Å²) < 4.78 is 5.01. The highest BCUT2D eigenvalue weighted by Crippen LogP contribution is 2.28. The molecule has 0 atom stereocenters. The molecule has 0 bridgehead atoms. The first-order valence-corrected chi connectivity index (χ1v) is 8.41. The van der Waals surface area contributed by atoms with Crippen molar-refractivity contribution in [2.24, 2.45) is 4.99 Å². The molecule has 1 aliphatic rings. The van der Waals surface area contributed by atoms with E-state index in [2.05, 4.69) is 9.98 Å². The molecule has 1 aromatic heterocycles. The number of hydrogen-bond acceptors (Lipinski definition) is 4. The zero-order valence-electron chi connectivity index (χ0n) is 13.5. The minimum atomic E-state index is -0.258. The molecule has 1 aliphatic heterocycles. The van der Waals surface area contributed by atoms with Crippen molar-refractivity contribution in [3.63, 3.8) is 0 Å². The quantitative estimate of drug-likeness (QED) is 0.831. The van der Waals surface area contributed by atoms with Crippen molar-refractivity contribution in [1.82, 2.24) is 9.88 Å². The smallest absolute Gasteiger partial charge is 0.409 e. The van der Waals surface area contributed by atoms with Crippen LogP contribution in [0.4, 0.5) is 4.79 Å². The fraction of sp³-hybridized carbons (Fsp3) is 0.412. The average Bonchev–Trinajstić information content (AvgIpc) is 2.88. The van der Waals surface area contributed by atoms with Crippen molar-refractivity contribution < 1.29 is 14.6 Å². The van der Waals surface area contributed by atoms with E-state index < -0.39 is 0 Å². The molecule has 7 heteroatoms. The average molecular weight is 350 g/mol. The standard InChI is InChI=1S/C17H20ClN3O3/c1-2-24-17(23)21-7-5-12(6-8-21)19-10-14-13-4-3-11(18)9-15(13)20-16(14)22/h3-4,9-10,12,20,22H,2,5-8H2,1H3. The van der Waals surface area contributed by atoms with Gasteiger partial charge in [0.05, 0.1) is 23.7 Å². The van der Waals surface area contributed by atoms with Gasteiger partial charge in [-0.3, -0.25) is 4.99 Å². The van der Waals surface area contributed by atoms with Crippen LogP contribution in [0.5, 0.6) is 5.88 Å². The summed E-state index contributed by atoms with van der Waals surface area (Å²) in [5, 5.41) is 11.6. The number of amides is 1. The lowest BCUT2D eigenvalue weighted by atomic mass is 10.1. The normalized spacial score (nSPS) is 16.2. The molecule has 2 heterocycles. The van der Waals surface area contributed by atoms with Gasteiger partial charge >= 0.3 is 6.09 Å². The van der Waals surface area contributed by atoms with E-state index in [1.807, 2.05) is 6.07 Å². The van der Waals surface area contributed by atoms with Crippen LogP contribution < -0.4 is 0 Å². The van der Waals surface area contributed by atoms with E-state index in [1.54, 1.807) is 30.2 Å². The van der Waals surface area contributed by atoms with Gasteiger partial charge < -0.3 is 19.7 Å². The highest BCUT2D eigenvalue weighted by Gasteiger charge is 2.23. The molecular weight excluding hydrogens is 330 g/mol. The number of aliphatic imine (C=N–C) groups is 1. The maximum atomic E-state index is 11.7. The number of hydrogen-bond donors (Lipinski definition) is 2. The van der Waals surface area contributed by atoms with Gasteiger partial charge in [-0.05, 0) is 31.9 Å². The Bertz CT molecular complexity index is 764. The number of carbonyl (C=O) groups excluding carboxylic acids is 1. The fourth-order valence-corrected chi connectivity index (χ4v) is 3.07. The van der Waals surface area contributed by atoms with Crippen molar-refractivity contribution in [2.75, 3.05) is 19.7 Å². The van der Waals surface area contributed by atoms with Gasteiger partial charge in [-0.15, -0.1) is 0 Å². The summed E-state index contributed by atoms with van der Waals surface area (Å²) in [6.07, 6.45) is 3.01. The number of piperidine rings is 1. The lowest BCUT2D eigenvalue weighted by molar-refractivity contribution is 0.0975. The van der Waals surface area contributed by atoms with Crippen molar-refractivity contribution >= 4 is 34.8 Å². The number of rotatable bonds is 3. The van der Waals surface area contributed by atoms with Crippen molar-refractivity contribution in [1.29, 1.82) is 0 Å². The van der Waals surface area contributed by atoms with Gasteiger partial charge in [0, 0.05) is 29.7 Å². The van der Waals surface area contributed by atoms with Gasteiger partial charge in [0.15, 0.2) is 5.88 Å². The Balaban J connectivity index is 1.67. The number of H-pyrrole nitrogens is 1. The Morgan fingerprint density at radius 1 is 1.50 bits per heavy atom. The number of carbonyl (C=O) groups is 1. The van der Waals surface area contributed by atoms with Crippen LogP contribution >= 0.6 is 11.6 Å². The third kappa shape index (κ3) is 3.48. The maximum absolute atomic E-state index is 11.7. The molecule has 1 amide bonds. The van der Waals surface area contributed by atoms with Gasteiger partial charge in [0.25, 0.3) is 0 Å². The van der Waals surface area contributed by atoms with Crippen molar-refractivity contribution in [3.8, 4) is 5.88 Å². The van der Waals surface area contributed by atoms with E-state index in [0.717, 1.165) is 23.7 Å². The van der Waals surface area contributed by atoms with E-state index in [1.165, 1.54) is 0 Å². The molecule has 1 saturated heterocycles. The monoisotopic (exact) mass is 349 g/mol. The van der Waals surface area contributed by atoms with Crippen LogP contribution in [0.25, 0.3) is 10.9 Å². The summed E-state index contributed by atoms with van der Waals surface area (Å²) >= 11 is 5.96. The summed E-state index contributed by atoms with van der Waals surface area (Å²) in [5.74, 6) is 0.0833. The van der Waals surface area contributed by atoms with Crippen molar-refractivity contribution in [3.05, 3.63) is 28.8 Å². The van der Waals surface area contributed by atoms with Gasteiger partial charge in [0.1, 0.15) is 0 Å². The molecule has 2 aromatic rings. The summed E-state index contributed by atoms with van der Waals surface area (Å²) in [5.41, 5.74) is 1.44. The zero-order valence-corrected chi connectivity index (χ0v) is 14.2. The molecule has 1 fully saturated rings. The second kappa shape index (κ2) is 7.13. The zero-order chi connectivity index (χ0) is 17.1. The first-order chi connectivity index (χ1) is 11.6. The number of aromatic nitrogens is 1. The summed E-state index contributed by atoms with van der Waals surface area (Å²) in [4.78, 5) is 20.9. The molecule has 6 nitrogen and oxygen atoms in total. The molecule has 24 heavy (non-hydrogen) atoms. The highest BCUT2D eigenvalue weighted by molar-refractivity contribution is 6.31. The lowest BCUT2D eigenvalue weighted by Crippen LogP contribution is -2.40. The number of aromatic hydroxyl groups is 1. The number of halogens is 1. The van der Waals surface area contributed by atoms with E-state index in [9.17, 15) is 9.90 Å². The van der Waals surface area contributed by atoms with Crippen LogP contribution in [0.1, 0.15) is 25.3 Å². The van der Waals surface area contributed by atoms with Crippen LogP contribution in [0.2, 0.25) is 5.02 Å². The molecular formula is C17H20ClN3O3. The SMILES string of the molecule is CCOC(=O)N1CCC(N=Cc2c(O)[nH]c3cc(Cl)ccc23)CC1. The Morgan fingerprint density at radius 2 is 2.25 bits per heavy atom. The molecule has 0 radical (unpaired) electrons. The summed E-state index contributed by atoms with van der Waals surface area (Å²) in [7, 11) is 0. The van der Waals surface area contributed by atoms with Gasteiger partial charge in [0.2, 0.25) is 0 Å². The first-order valence-electron chi connectivity index (χ1n) is 8.03. The van der Waals surface area contributed by atoms with Crippen molar-refractivity contribution in [2.45, 2.75) is 25.8 Å². The maximum Gasteiger partial charge on any atom is 0.409 e. The summed E-state index contributed by atoms with van der Waals surface area (Å²) in [6.45, 7) is 3.46. The predicted octanol–water partition coefficient (Wildman–Crippen LogP) is 3.57. The van der Waals surface area contributed by atoms with Crippen LogP contribution in [0.3, 0.4) is 0 Å². The number of benzene rings is 1.